The number of hydrogen-bond donors (Lipinski definition) is 0. The van der Waals surface area contributed by atoms with Crippen molar-refractivity contribution in [2.24, 2.45) is 0 Å². The average molecular weight is 180 g/mol. The molecule has 0 aliphatic rings. The van der Waals surface area contributed by atoms with Crippen LogP contribution in [0.1, 0.15) is 11.1 Å². The first-order valence-electron chi connectivity index (χ1n) is 4.15. The van der Waals surface area contributed by atoms with Gasteiger partial charge in [0.25, 0.3) is 0 Å². The summed E-state index contributed by atoms with van der Waals surface area (Å²) in [6.45, 7) is 7.54. The Bertz CT molecular complexity index is 295. The van der Waals surface area contributed by atoms with Gasteiger partial charge in [-0.15, -0.1) is 0 Å². The molecule has 1 aromatic rings. The Labute approximate surface area is 77.8 Å². The third kappa shape index (κ3) is 2.31. The lowest BCUT2D eigenvalue weighted by Gasteiger charge is -2.07. The van der Waals surface area contributed by atoms with E-state index in [4.69, 9.17) is 4.74 Å². The van der Waals surface area contributed by atoms with Crippen molar-refractivity contribution in [3.63, 3.8) is 0 Å². The number of hydrogen-bond acceptors (Lipinski definition) is 1. The smallest absolute Gasteiger partial charge is 0.130 e. The van der Waals surface area contributed by atoms with Crippen LogP contribution in [0.3, 0.4) is 0 Å². The van der Waals surface area contributed by atoms with Crippen molar-refractivity contribution in [1.29, 1.82) is 0 Å². The fraction of sp³-hybridized carbons (Fsp3) is 0.273. The van der Waals surface area contributed by atoms with Gasteiger partial charge in [-0.25, -0.2) is 4.39 Å². The summed E-state index contributed by atoms with van der Waals surface area (Å²) in [5, 5.41) is 0. The Morgan fingerprint density at radius 2 is 2.15 bits per heavy atom. The van der Waals surface area contributed by atoms with Gasteiger partial charge in [0.15, 0.2) is 0 Å². The van der Waals surface area contributed by atoms with E-state index in [1.54, 1.807) is 13.0 Å². The van der Waals surface area contributed by atoms with Crippen molar-refractivity contribution >= 4 is 0 Å². The lowest BCUT2D eigenvalue weighted by molar-refractivity contribution is 0.360. The summed E-state index contributed by atoms with van der Waals surface area (Å²) in [5.74, 6) is 0.333. The minimum Gasteiger partial charge on any atom is -0.489 e. The van der Waals surface area contributed by atoms with E-state index < -0.39 is 0 Å². The highest BCUT2D eigenvalue weighted by molar-refractivity contribution is 5.35. The van der Waals surface area contributed by atoms with E-state index in [0.29, 0.717) is 17.9 Å². The van der Waals surface area contributed by atoms with Gasteiger partial charge in [0.05, 0.1) is 0 Å². The van der Waals surface area contributed by atoms with Crippen LogP contribution in [0.15, 0.2) is 24.8 Å². The first-order chi connectivity index (χ1) is 6.15. The summed E-state index contributed by atoms with van der Waals surface area (Å²) in [5.41, 5.74) is 1.57. The van der Waals surface area contributed by atoms with Crippen LogP contribution in [0, 0.1) is 19.7 Å². The van der Waals surface area contributed by atoms with Gasteiger partial charge in [-0.2, -0.15) is 0 Å². The Morgan fingerprint density at radius 3 is 2.69 bits per heavy atom. The predicted molar refractivity (Wildman–Crippen MR) is 51.6 cm³/mol. The molecule has 0 saturated heterocycles. The highest BCUT2D eigenvalue weighted by Crippen LogP contribution is 2.20. The molecular weight excluding hydrogens is 167 g/mol. The van der Waals surface area contributed by atoms with Crippen LogP contribution >= 0.6 is 0 Å². The van der Waals surface area contributed by atoms with E-state index in [0.717, 1.165) is 5.56 Å². The van der Waals surface area contributed by atoms with Crippen LogP contribution < -0.4 is 4.74 Å². The van der Waals surface area contributed by atoms with E-state index in [9.17, 15) is 4.39 Å². The molecule has 70 valence electrons. The summed E-state index contributed by atoms with van der Waals surface area (Å²) in [6, 6.07) is 3.22. The fourth-order valence-electron chi connectivity index (χ4n) is 1.02. The number of ether oxygens (including phenoxy) is 1. The Hall–Kier alpha value is -1.31. The molecule has 0 aromatic heterocycles. The normalized spacial score (nSPS) is 9.77. The van der Waals surface area contributed by atoms with E-state index in [1.807, 2.05) is 13.0 Å². The fourth-order valence-corrected chi connectivity index (χ4v) is 1.02. The molecule has 0 unspecified atom stereocenters. The molecule has 0 spiro atoms. The first kappa shape index (κ1) is 9.78. The van der Waals surface area contributed by atoms with Crippen LogP contribution in [0.25, 0.3) is 0 Å². The minimum absolute atomic E-state index is 0.223. The molecule has 0 radical (unpaired) electrons. The number of halogens is 1. The summed E-state index contributed by atoms with van der Waals surface area (Å²) < 4.78 is 18.4. The lowest BCUT2D eigenvalue weighted by Crippen LogP contribution is -1.95. The Morgan fingerprint density at radius 1 is 1.46 bits per heavy atom. The highest BCUT2D eigenvalue weighted by atomic mass is 19.1. The van der Waals surface area contributed by atoms with Gasteiger partial charge in [0.1, 0.15) is 18.2 Å². The molecule has 0 aliphatic heterocycles. The second-order valence-electron chi connectivity index (χ2n) is 2.95. The second-order valence-corrected chi connectivity index (χ2v) is 2.95. The standard InChI is InChI=1S/C11H13FO/c1-4-5-13-10-6-8(2)9(3)11(12)7-10/h4,6-7H,1,5H2,2-3H3. The van der Waals surface area contributed by atoms with Crippen LogP contribution in [0.4, 0.5) is 4.39 Å². The van der Waals surface area contributed by atoms with Gasteiger partial charge in [-0.05, 0) is 31.0 Å². The molecule has 0 heterocycles. The molecule has 0 N–H and O–H groups in total. The van der Waals surface area contributed by atoms with E-state index >= 15 is 0 Å². The van der Waals surface area contributed by atoms with Crippen LogP contribution in [-0.4, -0.2) is 6.61 Å². The molecule has 1 aromatic carbocycles. The van der Waals surface area contributed by atoms with E-state index in [2.05, 4.69) is 6.58 Å². The molecule has 2 heteroatoms. The van der Waals surface area contributed by atoms with Crippen LogP contribution in [-0.2, 0) is 0 Å². The van der Waals surface area contributed by atoms with Gasteiger partial charge in [0.2, 0.25) is 0 Å². The maximum absolute atomic E-state index is 13.2. The SMILES string of the molecule is C=CCOc1cc(C)c(C)c(F)c1. The van der Waals surface area contributed by atoms with Crippen LogP contribution in [0.5, 0.6) is 5.75 Å². The molecular formula is C11H13FO. The average Bonchev–Trinajstić information content (AvgIpc) is 2.10. The summed E-state index contributed by atoms with van der Waals surface area (Å²) >= 11 is 0. The molecule has 0 bridgehead atoms. The Kier molecular flexibility index (Phi) is 3.07. The molecule has 0 atom stereocenters. The minimum atomic E-state index is -0.223. The molecule has 13 heavy (non-hydrogen) atoms. The number of aryl methyl sites for hydroxylation is 1. The molecule has 0 saturated carbocycles. The van der Waals surface area contributed by atoms with Crippen molar-refractivity contribution < 1.29 is 9.13 Å². The van der Waals surface area contributed by atoms with Crippen molar-refractivity contribution in [2.75, 3.05) is 6.61 Å². The van der Waals surface area contributed by atoms with E-state index in [-0.39, 0.29) is 5.82 Å². The quantitative estimate of drug-likeness (QED) is 0.650. The van der Waals surface area contributed by atoms with E-state index in [1.165, 1.54) is 6.07 Å². The molecule has 1 nitrogen and oxygen atoms in total. The zero-order valence-corrected chi connectivity index (χ0v) is 7.93. The number of benzene rings is 1. The highest BCUT2D eigenvalue weighted by Gasteiger charge is 2.03. The summed E-state index contributed by atoms with van der Waals surface area (Å²) in [6.07, 6.45) is 1.63. The lowest BCUT2D eigenvalue weighted by atomic mass is 10.1. The zero-order valence-electron chi connectivity index (χ0n) is 7.93. The maximum Gasteiger partial charge on any atom is 0.130 e. The van der Waals surface area contributed by atoms with Gasteiger partial charge < -0.3 is 4.74 Å². The van der Waals surface area contributed by atoms with Crippen molar-refractivity contribution in [3.05, 3.63) is 41.7 Å². The van der Waals surface area contributed by atoms with Gasteiger partial charge in [0, 0.05) is 6.07 Å². The van der Waals surface area contributed by atoms with Crippen molar-refractivity contribution in [3.8, 4) is 5.75 Å². The molecule has 0 amide bonds. The van der Waals surface area contributed by atoms with Gasteiger partial charge in [-0.3, -0.25) is 0 Å². The zero-order chi connectivity index (χ0) is 9.84. The summed E-state index contributed by atoms with van der Waals surface area (Å²) in [7, 11) is 0. The topological polar surface area (TPSA) is 9.23 Å². The third-order valence-corrected chi connectivity index (χ3v) is 1.95. The monoisotopic (exact) mass is 180 g/mol. The largest absolute Gasteiger partial charge is 0.489 e. The number of rotatable bonds is 3. The first-order valence-corrected chi connectivity index (χ1v) is 4.15. The predicted octanol–water partition coefficient (Wildman–Crippen LogP) is 3.01. The maximum atomic E-state index is 13.2. The molecule has 0 fully saturated rings. The second kappa shape index (κ2) is 4.08. The van der Waals surface area contributed by atoms with Gasteiger partial charge in [-0.1, -0.05) is 12.7 Å². The molecule has 1 rings (SSSR count). The van der Waals surface area contributed by atoms with Crippen molar-refractivity contribution in [2.45, 2.75) is 13.8 Å². The summed E-state index contributed by atoms with van der Waals surface area (Å²) in [4.78, 5) is 0. The van der Waals surface area contributed by atoms with Crippen LogP contribution in [0.2, 0.25) is 0 Å². The van der Waals surface area contributed by atoms with Crippen molar-refractivity contribution in [1.82, 2.24) is 0 Å². The third-order valence-electron chi connectivity index (χ3n) is 1.95. The Balaban J connectivity index is 2.92. The van der Waals surface area contributed by atoms with Gasteiger partial charge >= 0.3 is 0 Å². The molecule has 0 aliphatic carbocycles.